The van der Waals surface area contributed by atoms with Crippen LogP contribution < -0.4 is 10.2 Å². The number of morpholine rings is 1. The number of ether oxygens (including phenoxy) is 1. The number of rotatable bonds is 6. The van der Waals surface area contributed by atoms with E-state index >= 15 is 0 Å². The van der Waals surface area contributed by atoms with Crippen LogP contribution in [-0.4, -0.2) is 50.2 Å². The molecule has 5 nitrogen and oxygen atoms in total. The number of carbonyl (C=O) groups is 1. The van der Waals surface area contributed by atoms with Crippen molar-refractivity contribution >= 4 is 11.6 Å². The lowest BCUT2D eigenvalue weighted by Gasteiger charge is -2.28. The van der Waals surface area contributed by atoms with Crippen LogP contribution in [0.25, 0.3) is 0 Å². The molecule has 2 aliphatic heterocycles. The minimum absolute atomic E-state index is 0.0327. The molecule has 0 saturated carbocycles. The maximum Gasteiger partial charge on any atom is 0.251 e. The first-order valence-electron chi connectivity index (χ1n) is 10.3. The van der Waals surface area contributed by atoms with Gasteiger partial charge in [-0.25, -0.2) is 0 Å². The summed E-state index contributed by atoms with van der Waals surface area (Å²) in [6, 6.07) is 16.4. The summed E-state index contributed by atoms with van der Waals surface area (Å²) in [6.45, 7) is 7.33. The molecule has 28 heavy (non-hydrogen) atoms. The molecule has 2 saturated heterocycles. The van der Waals surface area contributed by atoms with Crippen molar-refractivity contribution in [3.8, 4) is 0 Å². The van der Waals surface area contributed by atoms with E-state index in [1.54, 1.807) is 0 Å². The third kappa shape index (κ3) is 4.91. The lowest BCUT2D eigenvalue weighted by atomic mass is 10.1. The van der Waals surface area contributed by atoms with Gasteiger partial charge in [0.15, 0.2) is 0 Å². The molecule has 0 aromatic heterocycles. The Balaban J connectivity index is 1.27. The van der Waals surface area contributed by atoms with Crippen LogP contribution >= 0.6 is 0 Å². The van der Waals surface area contributed by atoms with E-state index in [1.807, 2.05) is 24.3 Å². The van der Waals surface area contributed by atoms with Crippen molar-refractivity contribution in [2.45, 2.75) is 25.9 Å². The molecule has 0 bridgehead atoms. The Bertz CT molecular complexity index is 761. The summed E-state index contributed by atoms with van der Waals surface area (Å²) < 4.78 is 5.39. The fourth-order valence-electron chi connectivity index (χ4n) is 3.89. The van der Waals surface area contributed by atoms with Gasteiger partial charge in [-0.3, -0.25) is 9.69 Å². The minimum Gasteiger partial charge on any atom is -0.378 e. The third-order valence-electron chi connectivity index (χ3n) is 5.59. The molecule has 0 aliphatic carbocycles. The molecule has 2 aromatic rings. The van der Waals surface area contributed by atoms with Gasteiger partial charge in [-0.1, -0.05) is 24.3 Å². The molecular formula is C23H29N3O2. The second-order valence-corrected chi connectivity index (χ2v) is 7.63. The summed E-state index contributed by atoms with van der Waals surface area (Å²) in [5.74, 6) is -0.0327. The van der Waals surface area contributed by atoms with Crippen molar-refractivity contribution in [1.82, 2.24) is 10.2 Å². The van der Waals surface area contributed by atoms with Crippen LogP contribution in [0.15, 0.2) is 48.5 Å². The average Bonchev–Trinajstić information content (AvgIpc) is 3.27. The summed E-state index contributed by atoms with van der Waals surface area (Å²) in [4.78, 5) is 17.2. The summed E-state index contributed by atoms with van der Waals surface area (Å²) in [6.07, 6.45) is 2.63. The SMILES string of the molecule is O=C(NCc1ccc(CN2CCCC2)cc1)c1ccc(N2CCOCC2)cc1. The molecule has 2 aromatic carbocycles. The zero-order chi connectivity index (χ0) is 19.2. The van der Waals surface area contributed by atoms with Crippen LogP contribution in [0.5, 0.6) is 0 Å². The van der Waals surface area contributed by atoms with Crippen LogP contribution in [0.4, 0.5) is 5.69 Å². The highest BCUT2D eigenvalue weighted by molar-refractivity contribution is 5.94. The normalized spacial score (nSPS) is 17.6. The summed E-state index contributed by atoms with van der Waals surface area (Å²) in [5, 5.41) is 3.02. The smallest absolute Gasteiger partial charge is 0.251 e. The highest BCUT2D eigenvalue weighted by atomic mass is 16.5. The Kier molecular flexibility index (Phi) is 6.24. The van der Waals surface area contributed by atoms with Gasteiger partial charge < -0.3 is 15.0 Å². The molecule has 2 heterocycles. The number of anilines is 1. The quantitative estimate of drug-likeness (QED) is 0.838. The van der Waals surface area contributed by atoms with E-state index in [9.17, 15) is 4.79 Å². The Labute approximate surface area is 167 Å². The Morgan fingerprint density at radius 3 is 2.18 bits per heavy atom. The number of nitrogens with one attached hydrogen (secondary N) is 1. The molecule has 5 heteroatoms. The lowest BCUT2D eigenvalue weighted by molar-refractivity contribution is 0.0951. The van der Waals surface area contributed by atoms with Crippen molar-refractivity contribution in [1.29, 1.82) is 0 Å². The van der Waals surface area contributed by atoms with Gasteiger partial charge in [0.05, 0.1) is 13.2 Å². The van der Waals surface area contributed by atoms with Gasteiger partial charge in [0.2, 0.25) is 0 Å². The zero-order valence-corrected chi connectivity index (χ0v) is 16.4. The van der Waals surface area contributed by atoms with Gasteiger partial charge in [-0.05, 0) is 61.3 Å². The van der Waals surface area contributed by atoms with E-state index in [-0.39, 0.29) is 5.91 Å². The first-order chi connectivity index (χ1) is 13.8. The Morgan fingerprint density at radius 1 is 0.857 bits per heavy atom. The van der Waals surface area contributed by atoms with E-state index in [0.29, 0.717) is 12.1 Å². The van der Waals surface area contributed by atoms with Gasteiger partial charge in [-0.15, -0.1) is 0 Å². The molecule has 0 spiro atoms. The van der Waals surface area contributed by atoms with Crippen LogP contribution in [0.2, 0.25) is 0 Å². The number of likely N-dealkylation sites (tertiary alicyclic amines) is 1. The van der Waals surface area contributed by atoms with Crippen molar-refractivity contribution in [2.75, 3.05) is 44.3 Å². The second kappa shape index (κ2) is 9.22. The molecule has 1 amide bonds. The monoisotopic (exact) mass is 379 g/mol. The first-order valence-corrected chi connectivity index (χ1v) is 10.3. The Hall–Kier alpha value is -2.37. The van der Waals surface area contributed by atoms with Crippen molar-refractivity contribution in [2.24, 2.45) is 0 Å². The van der Waals surface area contributed by atoms with E-state index in [4.69, 9.17) is 4.74 Å². The molecule has 4 rings (SSSR count). The van der Waals surface area contributed by atoms with Crippen molar-refractivity contribution < 1.29 is 9.53 Å². The fourth-order valence-corrected chi connectivity index (χ4v) is 3.89. The second-order valence-electron chi connectivity index (χ2n) is 7.63. The lowest BCUT2D eigenvalue weighted by Crippen LogP contribution is -2.36. The topological polar surface area (TPSA) is 44.8 Å². The summed E-state index contributed by atoms with van der Waals surface area (Å²) >= 11 is 0. The number of hydrogen-bond acceptors (Lipinski definition) is 4. The number of benzene rings is 2. The molecule has 2 aliphatic rings. The van der Waals surface area contributed by atoms with Crippen molar-refractivity contribution in [3.63, 3.8) is 0 Å². The molecule has 0 radical (unpaired) electrons. The minimum atomic E-state index is -0.0327. The summed E-state index contributed by atoms with van der Waals surface area (Å²) in [5.41, 5.74) is 4.32. The van der Waals surface area contributed by atoms with Crippen LogP contribution in [-0.2, 0) is 17.8 Å². The Morgan fingerprint density at radius 2 is 1.50 bits per heavy atom. The number of hydrogen-bond donors (Lipinski definition) is 1. The predicted molar refractivity (Wildman–Crippen MR) is 112 cm³/mol. The van der Waals surface area contributed by atoms with Crippen LogP contribution in [0.1, 0.15) is 34.3 Å². The van der Waals surface area contributed by atoms with Gasteiger partial charge in [0.25, 0.3) is 5.91 Å². The van der Waals surface area contributed by atoms with Gasteiger partial charge in [0.1, 0.15) is 0 Å². The standard InChI is InChI=1S/C23H29N3O2/c27-23(21-7-9-22(10-8-21)26-13-15-28-16-14-26)24-17-19-3-5-20(6-4-19)18-25-11-1-2-12-25/h3-10H,1-2,11-18H2,(H,24,27). The zero-order valence-electron chi connectivity index (χ0n) is 16.4. The molecule has 2 fully saturated rings. The van der Waals surface area contributed by atoms with E-state index in [1.165, 1.54) is 31.5 Å². The number of nitrogens with zero attached hydrogens (tertiary/aromatic N) is 2. The molecular weight excluding hydrogens is 350 g/mol. The van der Waals surface area contributed by atoms with Crippen molar-refractivity contribution in [3.05, 3.63) is 65.2 Å². The van der Waals surface area contributed by atoms with Crippen LogP contribution in [0.3, 0.4) is 0 Å². The van der Waals surface area contributed by atoms with E-state index in [0.717, 1.165) is 44.1 Å². The molecule has 148 valence electrons. The van der Waals surface area contributed by atoms with Crippen LogP contribution in [0, 0.1) is 0 Å². The average molecular weight is 380 g/mol. The maximum atomic E-state index is 12.5. The van der Waals surface area contributed by atoms with E-state index < -0.39 is 0 Å². The fraction of sp³-hybridized carbons (Fsp3) is 0.435. The summed E-state index contributed by atoms with van der Waals surface area (Å²) in [7, 11) is 0. The first kappa shape index (κ1) is 19.0. The largest absolute Gasteiger partial charge is 0.378 e. The number of carbonyl (C=O) groups excluding carboxylic acids is 1. The molecule has 0 unspecified atom stereocenters. The highest BCUT2D eigenvalue weighted by Gasteiger charge is 2.13. The predicted octanol–water partition coefficient (Wildman–Crippen LogP) is 3.05. The highest BCUT2D eigenvalue weighted by Crippen LogP contribution is 2.17. The third-order valence-corrected chi connectivity index (χ3v) is 5.59. The number of amides is 1. The van der Waals surface area contributed by atoms with Gasteiger partial charge in [0, 0.05) is 37.4 Å². The van der Waals surface area contributed by atoms with Gasteiger partial charge >= 0.3 is 0 Å². The maximum absolute atomic E-state index is 12.5. The molecule has 1 N–H and O–H groups in total. The van der Waals surface area contributed by atoms with Gasteiger partial charge in [-0.2, -0.15) is 0 Å². The van der Waals surface area contributed by atoms with E-state index in [2.05, 4.69) is 39.4 Å². The molecule has 0 atom stereocenters.